The lowest BCUT2D eigenvalue weighted by Crippen LogP contribution is -2.30. The van der Waals surface area contributed by atoms with Crippen LogP contribution in [0.2, 0.25) is 0 Å². The van der Waals surface area contributed by atoms with E-state index < -0.39 is 0 Å². The Kier molecular flexibility index (Phi) is 4.49. The summed E-state index contributed by atoms with van der Waals surface area (Å²) in [5.41, 5.74) is 2.20. The molecule has 3 aromatic rings. The molecule has 1 amide bonds. The topological polar surface area (TPSA) is 64.0 Å². The highest BCUT2D eigenvalue weighted by molar-refractivity contribution is 9.10. The van der Waals surface area contributed by atoms with E-state index in [0.717, 1.165) is 21.1 Å². The molecule has 0 aliphatic heterocycles. The van der Waals surface area contributed by atoms with Gasteiger partial charge in [0.2, 0.25) is 5.91 Å². The minimum Gasteiger partial charge on any atom is -0.323 e. The first-order valence-corrected chi connectivity index (χ1v) is 8.27. The van der Waals surface area contributed by atoms with Gasteiger partial charge in [-0.1, -0.05) is 24.3 Å². The molecule has 0 saturated carbocycles. The van der Waals surface area contributed by atoms with Gasteiger partial charge in [0.25, 0.3) is 5.56 Å². The normalized spacial score (nSPS) is 10.8. The Balaban J connectivity index is 1.88. The first-order valence-electron chi connectivity index (χ1n) is 7.48. The van der Waals surface area contributed by atoms with Gasteiger partial charge in [0.1, 0.15) is 6.54 Å². The average Bonchev–Trinajstić information content (AvgIpc) is 2.55. The molecule has 0 aliphatic rings. The van der Waals surface area contributed by atoms with Crippen molar-refractivity contribution in [2.75, 3.05) is 5.32 Å². The number of fused-ring (bicyclic) bond motifs is 1. The summed E-state index contributed by atoms with van der Waals surface area (Å²) in [7, 11) is 0. The van der Waals surface area contributed by atoms with Crippen molar-refractivity contribution in [3.63, 3.8) is 0 Å². The number of anilines is 1. The summed E-state index contributed by atoms with van der Waals surface area (Å²) in [4.78, 5) is 24.8. The zero-order valence-electron chi connectivity index (χ0n) is 13.3. The number of nitrogens with one attached hydrogen (secondary N) is 1. The summed E-state index contributed by atoms with van der Waals surface area (Å²) in [6.45, 7) is 3.66. The van der Waals surface area contributed by atoms with Crippen molar-refractivity contribution in [1.29, 1.82) is 0 Å². The Morgan fingerprint density at radius 2 is 1.88 bits per heavy atom. The number of rotatable bonds is 3. The van der Waals surface area contributed by atoms with Crippen LogP contribution in [-0.4, -0.2) is 15.7 Å². The van der Waals surface area contributed by atoms with Gasteiger partial charge in [-0.3, -0.25) is 9.59 Å². The number of hydrogen-bond donors (Lipinski definition) is 1. The Labute approximate surface area is 147 Å². The predicted molar refractivity (Wildman–Crippen MR) is 98.2 cm³/mol. The fraction of sp³-hybridized carbons (Fsp3) is 0.167. The van der Waals surface area contributed by atoms with E-state index in [1.807, 2.05) is 44.2 Å². The van der Waals surface area contributed by atoms with E-state index in [0.29, 0.717) is 11.1 Å². The van der Waals surface area contributed by atoms with Gasteiger partial charge in [0.15, 0.2) is 0 Å². The number of halogens is 1. The SMILES string of the molecule is Cc1ccc(NC(=O)Cn2nc(C)c3ccccc3c2=O)c(Br)c1. The van der Waals surface area contributed by atoms with Crippen LogP contribution in [0.5, 0.6) is 0 Å². The number of nitrogens with zero attached hydrogens (tertiary/aromatic N) is 2. The van der Waals surface area contributed by atoms with Crippen LogP contribution in [0.15, 0.2) is 51.7 Å². The van der Waals surface area contributed by atoms with Gasteiger partial charge in [-0.25, -0.2) is 4.68 Å². The van der Waals surface area contributed by atoms with E-state index in [-0.39, 0.29) is 18.0 Å². The summed E-state index contributed by atoms with van der Waals surface area (Å²) >= 11 is 3.42. The molecule has 0 unspecified atom stereocenters. The quantitative estimate of drug-likeness (QED) is 0.751. The molecule has 6 heteroatoms. The van der Waals surface area contributed by atoms with Gasteiger partial charge < -0.3 is 5.32 Å². The summed E-state index contributed by atoms with van der Waals surface area (Å²) < 4.78 is 2.00. The molecule has 1 aromatic heterocycles. The monoisotopic (exact) mass is 385 g/mol. The largest absolute Gasteiger partial charge is 0.323 e. The lowest BCUT2D eigenvalue weighted by atomic mass is 10.1. The van der Waals surface area contributed by atoms with Gasteiger partial charge >= 0.3 is 0 Å². The lowest BCUT2D eigenvalue weighted by Gasteiger charge is -2.10. The van der Waals surface area contributed by atoms with E-state index >= 15 is 0 Å². The van der Waals surface area contributed by atoms with Crippen molar-refractivity contribution in [2.24, 2.45) is 0 Å². The summed E-state index contributed by atoms with van der Waals surface area (Å²) in [6, 6.07) is 12.9. The number of carbonyl (C=O) groups is 1. The van der Waals surface area contributed by atoms with Crippen LogP contribution in [0.1, 0.15) is 11.3 Å². The minimum absolute atomic E-state index is 0.134. The van der Waals surface area contributed by atoms with Crippen molar-refractivity contribution in [2.45, 2.75) is 20.4 Å². The highest BCUT2D eigenvalue weighted by Gasteiger charge is 2.12. The van der Waals surface area contributed by atoms with E-state index in [2.05, 4.69) is 26.3 Å². The first-order chi connectivity index (χ1) is 11.5. The smallest absolute Gasteiger partial charge is 0.275 e. The van der Waals surface area contributed by atoms with Crippen molar-refractivity contribution >= 4 is 38.3 Å². The molecule has 0 fully saturated rings. The van der Waals surface area contributed by atoms with Gasteiger partial charge in [-0.05, 0) is 53.5 Å². The van der Waals surface area contributed by atoms with Crippen molar-refractivity contribution in [3.8, 4) is 0 Å². The van der Waals surface area contributed by atoms with E-state index in [1.54, 1.807) is 12.1 Å². The average molecular weight is 386 g/mol. The zero-order valence-corrected chi connectivity index (χ0v) is 14.9. The van der Waals surface area contributed by atoms with Crippen molar-refractivity contribution < 1.29 is 4.79 Å². The van der Waals surface area contributed by atoms with E-state index in [1.165, 1.54) is 4.68 Å². The van der Waals surface area contributed by atoms with Gasteiger partial charge in [0.05, 0.1) is 16.8 Å². The number of aryl methyl sites for hydroxylation is 2. The second-order valence-electron chi connectivity index (χ2n) is 5.63. The molecule has 2 aromatic carbocycles. The fourth-order valence-electron chi connectivity index (χ4n) is 2.56. The Morgan fingerprint density at radius 3 is 2.58 bits per heavy atom. The molecule has 0 aliphatic carbocycles. The second kappa shape index (κ2) is 6.57. The third kappa shape index (κ3) is 3.23. The van der Waals surface area contributed by atoms with Crippen molar-refractivity contribution in [3.05, 3.63) is 68.5 Å². The first kappa shape index (κ1) is 16.4. The maximum Gasteiger partial charge on any atom is 0.275 e. The maximum atomic E-state index is 12.5. The molecule has 122 valence electrons. The molecular weight excluding hydrogens is 370 g/mol. The molecule has 24 heavy (non-hydrogen) atoms. The minimum atomic E-state index is -0.302. The molecule has 5 nitrogen and oxygen atoms in total. The van der Waals surface area contributed by atoms with Crippen molar-refractivity contribution in [1.82, 2.24) is 9.78 Å². The summed E-state index contributed by atoms with van der Waals surface area (Å²) in [6.07, 6.45) is 0. The lowest BCUT2D eigenvalue weighted by molar-refractivity contribution is -0.117. The molecule has 0 spiro atoms. The van der Waals surface area contributed by atoms with Gasteiger partial charge in [-0.15, -0.1) is 0 Å². The Bertz CT molecular complexity index is 995. The Morgan fingerprint density at radius 1 is 1.17 bits per heavy atom. The van der Waals surface area contributed by atoms with Crippen LogP contribution in [0.25, 0.3) is 10.8 Å². The third-order valence-corrected chi connectivity index (χ3v) is 4.40. The second-order valence-corrected chi connectivity index (χ2v) is 6.48. The molecule has 1 heterocycles. The maximum absolute atomic E-state index is 12.5. The number of benzene rings is 2. The van der Waals surface area contributed by atoms with Crippen LogP contribution in [-0.2, 0) is 11.3 Å². The molecule has 3 rings (SSSR count). The van der Waals surface area contributed by atoms with Crippen LogP contribution in [0, 0.1) is 13.8 Å². The summed E-state index contributed by atoms with van der Waals surface area (Å²) in [5, 5.41) is 8.42. The highest BCUT2D eigenvalue weighted by atomic mass is 79.9. The highest BCUT2D eigenvalue weighted by Crippen LogP contribution is 2.23. The standard InChI is InChI=1S/C18H16BrN3O2/c1-11-7-8-16(15(19)9-11)20-17(23)10-22-18(24)14-6-4-3-5-13(14)12(2)21-22/h3-9H,10H2,1-2H3,(H,20,23). The number of aromatic nitrogens is 2. The predicted octanol–water partition coefficient (Wildman–Crippen LogP) is 3.41. The van der Waals surface area contributed by atoms with Gasteiger partial charge in [-0.2, -0.15) is 5.10 Å². The van der Waals surface area contributed by atoms with Crippen LogP contribution >= 0.6 is 15.9 Å². The number of amides is 1. The molecule has 0 radical (unpaired) electrons. The Hall–Kier alpha value is -2.47. The van der Waals surface area contributed by atoms with Gasteiger partial charge in [0, 0.05) is 9.86 Å². The fourth-order valence-corrected chi connectivity index (χ4v) is 3.15. The number of hydrogen-bond acceptors (Lipinski definition) is 3. The number of carbonyl (C=O) groups excluding carboxylic acids is 1. The molecule has 1 N–H and O–H groups in total. The van der Waals surface area contributed by atoms with E-state index in [4.69, 9.17) is 0 Å². The van der Waals surface area contributed by atoms with E-state index in [9.17, 15) is 9.59 Å². The van der Waals surface area contributed by atoms with Crippen LogP contribution < -0.4 is 10.9 Å². The third-order valence-electron chi connectivity index (χ3n) is 3.74. The zero-order chi connectivity index (χ0) is 17.3. The summed E-state index contributed by atoms with van der Waals surface area (Å²) in [5.74, 6) is -0.302. The molecule has 0 saturated heterocycles. The molecular formula is C18H16BrN3O2. The van der Waals surface area contributed by atoms with Crippen LogP contribution in [0.4, 0.5) is 5.69 Å². The molecule has 0 bridgehead atoms. The van der Waals surface area contributed by atoms with Crippen LogP contribution in [0.3, 0.4) is 0 Å². The molecule has 0 atom stereocenters.